The van der Waals surface area contributed by atoms with Gasteiger partial charge in [0.05, 0.1) is 0 Å². The summed E-state index contributed by atoms with van der Waals surface area (Å²) in [6, 6.07) is 0.597. The molecule has 0 aromatic rings. The Balaban J connectivity index is 0.00000243. The Kier molecular flexibility index (Phi) is 8.00. The number of guanidine groups is 1. The van der Waals surface area contributed by atoms with Crippen LogP contribution in [0.1, 0.15) is 45.4 Å². The summed E-state index contributed by atoms with van der Waals surface area (Å²) in [7, 11) is 3.59. The molecule has 26 heavy (non-hydrogen) atoms. The van der Waals surface area contributed by atoms with Crippen LogP contribution in [0.4, 0.5) is 0 Å². The van der Waals surface area contributed by atoms with E-state index in [9.17, 15) is 4.79 Å². The minimum Gasteiger partial charge on any atom is -0.355 e. The van der Waals surface area contributed by atoms with E-state index < -0.39 is 0 Å². The van der Waals surface area contributed by atoms with E-state index in [1.807, 2.05) is 0 Å². The molecule has 2 aliphatic heterocycles. The lowest BCUT2D eigenvalue weighted by molar-refractivity contribution is -0.127. The van der Waals surface area contributed by atoms with Gasteiger partial charge in [0.1, 0.15) is 6.54 Å². The number of likely N-dealkylation sites (tertiary alicyclic amines) is 2. The number of nitrogens with one attached hydrogen (secondary N) is 1. The second kappa shape index (κ2) is 9.57. The monoisotopic (exact) mass is 477 g/mol. The van der Waals surface area contributed by atoms with Gasteiger partial charge in [0.2, 0.25) is 5.91 Å². The summed E-state index contributed by atoms with van der Waals surface area (Å²) in [4.78, 5) is 23.2. The molecule has 0 radical (unpaired) electrons. The molecule has 0 aromatic carbocycles. The lowest BCUT2D eigenvalue weighted by Gasteiger charge is -2.38. The van der Waals surface area contributed by atoms with Crippen molar-refractivity contribution in [3.05, 3.63) is 0 Å². The van der Waals surface area contributed by atoms with Gasteiger partial charge in [-0.2, -0.15) is 0 Å². The van der Waals surface area contributed by atoms with Crippen LogP contribution in [0.2, 0.25) is 0 Å². The highest BCUT2D eigenvalue weighted by atomic mass is 127. The van der Waals surface area contributed by atoms with Gasteiger partial charge in [-0.3, -0.25) is 9.69 Å². The predicted octanol–water partition coefficient (Wildman–Crippen LogP) is 2.00. The average Bonchev–Trinajstić information content (AvgIpc) is 3.20. The number of aliphatic imine (C=N–C) groups is 1. The van der Waals surface area contributed by atoms with E-state index in [-0.39, 0.29) is 36.4 Å². The number of carbonyl (C=O) groups excluding carboxylic acids is 1. The molecule has 150 valence electrons. The first-order valence-corrected chi connectivity index (χ1v) is 10.0. The number of amides is 1. The molecule has 3 fully saturated rings. The number of hydrogen-bond donors (Lipinski definition) is 1. The van der Waals surface area contributed by atoms with Gasteiger partial charge in [0.25, 0.3) is 0 Å². The Morgan fingerprint density at radius 1 is 1.23 bits per heavy atom. The molecule has 3 aliphatic rings. The van der Waals surface area contributed by atoms with Gasteiger partial charge in [-0.05, 0) is 50.6 Å². The summed E-state index contributed by atoms with van der Waals surface area (Å²) in [5.41, 5.74) is 0.539. The van der Waals surface area contributed by atoms with Crippen LogP contribution in [0, 0.1) is 5.41 Å². The van der Waals surface area contributed by atoms with Gasteiger partial charge < -0.3 is 15.1 Å². The lowest BCUT2D eigenvalue weighted by atomic mass is 9.68. The van der Waals surface area contributed by atoms with E-state index in [2.05, 4.69) is 27.0 Å². The molecule has 2 heterocycles. The van der Waals surface area contributed by atoms with Crippen LogP contribution in [0.5, 0.6) is 0 Å². The minimum atomic E-state index is 0. The average molecular weight is 477 g/mol. The molecule has 6 nitrogen and oxygen atoms in total. The first kappa shape index (κ1) is 21.7. The maximum atomic E-state index is 12.0. The number of carbonyl (C=O) groups is 1. The SMILES string of the molecule is CCN1CCCC1CNC(=NCC(=O)N(C)C)N1CCC2(CCC2)C1.I. The maximum absolute atomic E-state index is 12.0. The normalized spacial score (nSPS) is 25.1. The number of halogens is 1. The molecule has 2 saturated heterocycles. The first-order chi connectivity index (χ1) is 12.0. The summed E-state index contributed by atoms with van der Waals surface area (Å²) in [6.45, 7) is 7.92. The van der Waals surface area contributed by atoms with E-state index in [0.29, 0.717) is 11.5 Å². The Morgan fingerprint density at radius 2 is 2.00 bits per heavy atom. The van der Waals surface area contributed by atoms with Crippen LogP contribution >= 0.6 is 24.0 Å². The van der Waals surface area contributed by atoms with Crippen molar-refractivity contribution in [3.63, 3.8) is 0 Å². The topological polar surface area (TPSA) is 51.2 Å². The Labute approximate surface area is 175 Å². The zero-order valence-corrected chi connectivity index (χ0v) is 19.0. The molecule has 1 atom stereocenters. The number of rotatable bonds is 5. The van der Waals surface area contributed by atoms with Gasteiger partial charge in [-0.25, -0.2) is 4.99 Å². The Morgan fingerprint density at radius 3 is 2.58 bits per heavy atom. The van der Waals surface area contributed by atoms with E-state index in [0.717, 1.165) is 32.1 Å². The fourth-order valence-corrected chi connectivity index (χ4v) is 4.50. The van der Waals surface area contributed by atoms with Crippen LogP contribution in [-0.4, -0.2) is 86.0 Å². The lowest BCUT2D eigenvalue weighted by Crippen LogP contribution is -2.47. The molecule has 0 aromatic heterocycles. The molecule has 7 heteroatoms. The quantitative estimate of drug-likeness (QED) is 0.374. The summed E-state index contributed by atoms with van der Waals surface area (Å²) in [5.74, 6) is 1.01. The van der Waals surface area contributed by atoms with E-state index >= 15 is 0 Å². The molecule has 1 N–H and O–H groups in total. The summed E-state index contributed by atoms with van der Waals surface area (Å²) in [6.07, 6.45) is 7.92. The van der Waals surface area contributed by atoms with Crippen molar-refractivity contribution in [2.75, 3.05) is 53.4 Å². The Hall–Kier alpha value is -0.570. The van der Waals surface area contributed by atoms with Crippen molar-refractivity contribution < 1.29 is 4.79 Å². The fourth-order valence-electron chi connectivity index (χ4n) is 4.50. The van der Waals surface area contributed by atoms with E-state index in [1.165, 1.54) is 45.1 Å². The third-order valence-electron chi connectivity index (χ3n) is 6.42. The van der Waals surface area contributed by atoms with Crippen molar-refractivity contribution in [1.29, 1.82) is 0 Å². The number of likely N-dealkylation sites (N-methyl/N-ethyl adjacent to an activating group) is 2. The third kappa shape index (κ3) is 5.03. The second-order valence-electron chi connectivity index (χ2n) is 8.26. The summed E-state index contributed by atoms with van der Waals surface area (Å²) in [5, 5.41) is 3.61. The van der Waals surface area contributed by atoms with Crippen LogP contribution in [0.15, 0.2) is 4.99 Å². The molecule has 3 rings (SSSR count). The fraction of sp³-hybridized carbons (Fsp3) is 0.895. The number of hydrogen-bond acceptors (Lipinski definition) is 3. The van der Waals surface area contributed by atoms with Crippen LogP contribution in [0.3, 0.4) is 0 Å². The van der Waals surface area contributed by atoms with Crippen molar-refractivity contribution >= 4 is 35.8 Å². The maximum Gasteiger partial charge on any atom is 0.243 e. The van der Waals surface area contributed by atoms with Crippen LogP contribution in [-0.2, 0) is 4.79 Å². The smallest absolute Gasteiger partial charge is 0.243 e. The molecular formula is C19H36IN5O. The van der Waals surface area contributed by atoms with E-state index in [1.54, 1.807) is 19.0 Å². The zero-order valence-electron chi connectivity index (χ0n) is 16.7. The van der Waals surface area contributed by atoms with Crippen LogP contribution in [0.25, 0.3) is 0 Å². The second-order valence-corrected chi connectivity index (χ2v) is 8.26. The van der Waals surface area contributed by atoms with E-state index in [4.69, 9.17) is 0 Å². The predicted molar refractivity (Wildman–Crippen MR) is 117 cm³/mol. The van der Waals surface area contributed by atoms with Gasteiger partial charge in [-0.15, -0.1) is 24.0 Å². The first-order valence-electron chi connectivity index (χ1n) is 10.0. The van der Waals surface area contributed by atoms with Gasteiger partial charge >= 0.3 is 0 Å². The summed E-state index contributed by atoms with van der Waals surface area (Å²) < 4.78 is 0. The zero-order chi connectivity index (χ0) is 17.9. The van der Waals surface area contributed by atoms with Crippen molar-refractivity contribution in [3.8, 4) is 0 Å². The molecule has 1 aliphatic carbocycles. The molecule has 1 spiro atoms. The minimum absolute atomic E-state index is 0. The van der Waals surface area contributed by atoms with Crippen molar-refractivity contribution in [2.24, 2.45) is 10.4 Å². The molecular weight excluding hydrogens is 441 g/mol. The third-order valence-corrected chi connectivity index (χ3v) is 6.42. The molecule has 0 bridgehead atoms. The van der Waals surface area contributed by atoms with Crippen molar-refractivity contribution in [1.82, 2.24) is 20.0 Å². The van der Waals surface area contributed by atoms with Crippen LogP contribution < -0.4 is 5.32 Å². The number of nitrogens with zero attached hydrogens (tertiary/aromatic N) is 4. The standard InChI is InChI=1S/C19H35N5O.HI/c1-4-23-11-5-7-16(23)13-20-18(21-14-17(25)22(2)3)24-12-10-19(15-24)8-6-9-19;/h16H,4-15H2,1-3H3,(H,20,21);1H. The molecule has 1 amide bonds. The highest BCUT2D eigenvalue weighted by Gasteiger charge is 2.43. The summed E-state index contributed by atoms with van der Waals surface area (Å²) >= 11 is 0. The largest absolute Gasteiger partial charge is 0.355 e. The highest BCUT2D eigenvalue weighted by molar-refractivity contribution is 14.0. The van der Waals surface area contributed by atoms with Crippen molar-refractivity contribution in [2.45, 2.75) is 51.5 Å². The van der Waals surface area contributed by atoms with Gasteiger partial charge in [-0.1, -0.05) is 13.3 Å². The highest BCUT2D eigenvalue weighted by Crippen LogP contribution is 2.47. The van der Waals surface area contributed by atoms with Gasteiger partial charge in [0, 0.05) is 39.8 Å². The Bertz CT molecular complexity index is 506. The molecule has 1 unspecified atom stereocenters. The van der Waals surface area contributed by atoms with Gasteiger partial charge in [0.15, 0.2) is 5.96 Å². The molecule has 1 saturated carbocycles.